The first-order chi connectivity index (χ1) is 10.6. The molecule has 3 rings (SSSR count). The maximum Gasteiger partial charge on any atom is 0.334 e. The molecule has 3 heterocycles. The number of amides is 1. The summed E-state index contributed by atoms with van der Waals surface area (Å²) in [7, 11) is 0. The standard InChI is InChI=1S/C14H14N4O4/c19-13(17-7-8-22-11(9-17)14(20)21)10-3-1-4-12(16-10)18-6-2-5-15-18/h1-6,11H,7-9H2,(H,20,21). The van der Waals surface area contributed by atoms with E-state index in [-0.39, 0.29) is 24.8 Å². The van der Waals surface area contributed by atoms with Crippen LogP contribution in [0.25, 0.3) is 5.82 Å². The summed E-state index contributed by atoms with van der Waals surface area (Å²) < 4.78 is 6.66. The molecule has 2 aromatic rings. The summed E-state index contributed by atoms with van der Waals surface area (Å²) in [5.74, 6) is -0.863. The number of ether oxygens (including phenoxy) is 1. The van der Waals surface area contributed by atoms with Crippen molar-refractivity contribution in [3.63, 3.8) is 0 Å². The van der Waals surface area contributed by atoms with Gasteiger partial charge in [0.15, 0.2) is 11.9 Å². The molecule has 114 valence electrons. The average Bonchev–Trinajstić information content (AvgIpc) is 3.09. The number of hydrogen-bond acceptors (Lipinski definition) is 5. The van der Waals surface area contributed by atoms with Gasteiger partial charge in [0.1, 0.15) is 5.69 Å². The Morgan fingerprint density at radius 2 is 2.18 bits per heavy atom. The van der Waals surface area contributed by atoms with Crippen LogP contribution in [0, 0.1) is 0 Å². The van der Waals surface area contributed by atoms with Crippen molar-refractivity contribution in [2.24, 2.45) is 0 Å². The fourth-order valence-electron chi connectivity index (χ4n) is 2.22. The van der Waals surface area contributed by atoms with Gasteiger partial charge in [-0.2, -0.15) is 5.10 Å². The Bertz CT molecular complexity index is 686. The molecule has 1 saturated heterocycles. The first kappa shape index (κ1) is 14.2. The van der Waals surface area contributed by atoms with Crippen molar-refractivity contribution in [2.45, 2.75) is 6.10 Å². The molecule has 0 bridgehead atoms. The molecule has 1 atom stereocenters. The monoisotopic (exact) mass is 302 g/mol. The SMILES string of the molecule is O=C(O)C1CN(C(=O)c2cccc(-n3cccn3)n2)CCO1. The van der Waals surface area contributed by atoms with Gasteiger partial charge in [-0.05, 0) is 18.2 Å². The molecule has 1 N–H and O–H groups in total. The van der Waals surface area contributed by atoms with Crippen LogP contribution in [0.1, 0.15) is 10.5 Å². The van der Waals surface area contributed by atoms with Crippen LogP contribution >= 0.6 is 0 Å². The number of nitrogens with zero attached hydrogens (tertiary/aromatic N) is 4. The molecular weight excluding hydrogens is 288 g/mol. The Morgan fingerprint density at radius 3 is 2.91 bits per heavy atom. The number of carboxylic acid groups (broad SMARTS) is 1. The lowest BCUT2D eigenvalue weighted by Crippen LogP contribution is -2.48. The van der Waals surface area contributed by atoms with Gasteiger partial charge in [-0.1, -0.05) is 6.07 Å². The third kappa shape index (κ3) is 2.82. The minimum atomic E-state index is -1.07. The number of pyridine rings is 1. The summed E-state index contributed by atoms with van der Waals surface area (Å²) in [5, 5.41) is 13.1. The third-order valence-corrected chi connectivity index (χ3v) is 3.32. The molecule has 0 radical (unpaired) electrons. The predicted molar refractivity (Wildman–Crippen MR) is 74.6 cm³/mol. The molecule has 2 aromatic heterocycles. The first-order valence-corrected chi connectivity index (χ1v) is 6.76. The predicted octanol–water partition coefficient (Wildman–Crippen LogP) is 0.193. The van der Waals surface area contributed by atoms with Crippen LogP contribution in [0.15, 0.2) is 36.7 Å². The minimum Gasteiger partial charge on any atom is -0.479 e. The molecule has 0 saturated carbocycles. The number of carbonyl (C=O) groups excluding carboxylic acids is 1. The number of carboxylic acids is 1. The van der Waals surface area contributed by atoms with Crippen LogP contribution in [0.5, 0.6) is 0 Å². The molecule has 8 nitrogen and oxygen atoms in total. The summed E-state index contributed by atoms with van der Waals surface area (Å²) in [6.45, 7) is 0.555. The summed E-state index contributed by atoms with van der Waals surface area (Å²) in [5.41, 5.74) is 0.249. The van der Waals surface area contributed by atoms with Crippen molar-refractivity contribution in [1.29, 1.82) is 0 Å². The number of aromatic nitrogens is 3. The van der Waals surface area contributed by atoms with E-state index in [2.05, 4.69) is 10.1 Å². The zero-order valence-electron chi connectivity index (χ0n) is 11.6. The summed E-state index contributed by atoms with van der Waals surface area (Å²) in [4.78, 5) is 29.2. The lowest BCUT2D eigenvalue weighted by atomic mass is 10.2. The van der Waals surface area contributed by atoms with Gasteiger partial charge in [0.05, 0.1) is 13.2 Å². The van der Waals surface area contributed by atoms with Crippen LogP contribution < -0.4 is 0 Å². The molecule has 1 aliphatic rings. The largest absolute Gasteiger partial charge is 0.479 e. The van der Waals surface area contributed by atoms with E-state index in [0.717, 1.165) is 0 Å². The number of carbonyl (C=O) groups is 2. The molecule has 8 heteroatoms. The maximum absolute atomic E-state index is 12.5. The lowest BCUT2D eigenvalue weighted by Gasteiger charge is -2.30. The Hall–Kier alpha value is -2.74. The molecule has 1 amide bonds. The molecular formula is C14H14N4O4. The molecule has 1 unspecified atom stereocenters. The van der Waals surface area contributed by atoms with E-state index >= 15 is 0 Å². The van der Waals surface area contributed by atoms with Crippen molar-refractivity contribution < 1.29 is 19.4 Å². The smallest absolute Gasteiger partial charge is 0.334 e. The zero-order chi connectivity index (χ0) is 15.5. The Morgan fingerprint density at radius 1 is 1.32 bits per heavy atom. The van der Waals surface area contributed by atoms with Gasteiger partial charge >= 0.3 is 5.97 Å². The van der Waals surface area contributed by atoms with Crippen molar-refractivity contribution in [3.05, 3.63) is 42.4 Å². The van der Waals surface area contributed by atoms with Gasteiger partial charge in [-0.15, -0.1) is 0 Å². The molecule has 0 aromatic carbocycles. The molecule has 0 aliphatic carbocycles. The summed E-state index contributed by atoms with van der Waals surface area (Å²) in [6, 6.07) is 6.81. The van der Waals surface area contributed by atoms with Crippen molar-refractivity contribution >= 4 is 11.9 Å². The number of aliphatic carboxylic acids is 1. The van der Waals surface area contributed by atoms with Gasteiger partial charge in [0, 0.05) is 18.9 Å². The van der Waals surface area contributed by atoms with Crippen LogP contribution in [0.2, 0.25) is 0 Å². The van der Waals surface area contributed by atoms with Crippen LogP contribution in [-0.2, 0) is 9.53 Å². The van der Waals surface area contributed by atoms with Crippen LogP contribution in [0.3, 0.4) is 0 Å². The van der Waals surface area contributed by atoms with Gasteiger partial charge in [0.2, 0.25) is 0 Å². The number of rotatable bonds is 3. The summed E-state index contributed by atoms with van der Waals surface area (Å²) in [6.07, 6.45) is 2.36. The number of hydrogen-bond donors (Lipinski definition) is 1. The van der Waals surface area contributed by atoms with Gasteiger partial charge in [0.25, 0.3) is 5.91 Å². The van der Waals surface area contributed by atoms with Gasteiger partial charge < -0.3 is 14.7 Å². The van der Waals surface area contributed by atoms with Crippen molar-refractivity contribution in [1.82, 2.24) is 19.7 Å². The van der Waals surface area contributed by atoms with Crippen LogP contribution in [0.4, 0.5) is 0 Å². The van der Waals surface area contributed by atoms with E-state index in [0.29, 0.717) is 12.4 Å². The highest BCUT2D eigenvalue weighted by Gasteiger charge is 2.30. The van der Waals surface area contributed by atoms with E-state index in [9.17, 15) is 9.59 Å². The quantitative estimate of drug-likeness (QED) is 0.869. The van der Waals surface area contributed by atoms with Gasteiger partial charge in [-0.25, -0.2) is 14.5 Å². The lowest BCUT2D eigenvalue weighted by molar-refractivity contribution is -0.154. The highest BCUT2D eigenvalue weighted by atomic mass is 16.5. The van der Waals surface area contributed by atoms with E-state index in [1.807, 2.05) is 0 Å². The normalized spacial score (nSPS) is 18.2. The molecule has 1 aliphatic heterocycles. The minimum absolute atomic E-state index is 0.0157. The van der Waals surface area contributed by atoms with Crippen molar-refractivity contribution in [3.8, 4) is 5.82 Å². The Labute approximate surface area is 125 Å². The van der Waals surface area contributed by atoms with Crippen molar-refractivity contribution in [2.75, 3.05) is 19.7 Å². The maximum atomic E-state index is 12.5. The second-order valence-corrected chi connectivity index (χ2v) is 4.78. The first-order valence-electron chi connectivity index (χ1n) is 6.76. The number of morpholine rings is 1. The second kappa shape index (κ2) is 5.94. The third-order valence-electron chi connectivity index (χ3n) is 3.32. The zero-order valence-corrected chi connectivity index (χ0v) is 11.6. The topological polar surface area (TPSA) is 97.6 Å². The van der Waals surface area contributed by atoms with E-state index < -0.39 is 12.1 Å². The van der Waals surface area contributed by atoms with E-state index in [1.54, 1.807) is 41.3 Å². The average molecular weight is 302 g/mol. The van der Waals surface area contributed by atoms with Crippen LogP contribution in [-0.4, -0.2) is 62.4 Å². The second-order valence-electron chi connectivity index (χ2n) is 4.78. The fourth-order valence-corrected chi connectivity index (χ4v) is 2.22. The fraction of sp³-hybridized carbons (Fsp3) is 0.286. The molecule has 1 fully saturated rings. The van der Waals surface area contributed by atoms with Gasteiger partial charge in [-0.3, -0.25) is 4.79 Å². The summed E-state index contributed by atoms with van der Waals surface area (Å²) >= 11 is 0. The molecule has 0 spiro atoms. The highest BCUT2D eigenvalue weighted by molar-refractivity contribution is 5.93. The Kier molecular flexibility index (Phi) is 3.84. The molecule has 22 heavy (non-hydrogen) atoms. The highest BCUT2D eigenvalue weighted by Crippen LogP contribution is 2.11. The Balaban J connectivity index is 1.80. The van der Waals surface area contributed by atoms with E-state index in [4.69, 9.17) is 9.84 Å². The van der Waals surface area contributed by atoms with E-state index in [1.165, 1.54) is 4.90 Å².